The number of amides is 1. The third-order valence-electron chi connectivity index (χ3n) is 6.20. The number of hydrogen-bond acceptors (Lipinski definition) is 4. The van der Waals surface area contributed by atoms with Crippen molar-refractivity contribution in [3.63, 3.8) is 0 Å². The van der Waals surface area contributed by atoms with Crippen molar-refractivity contribution in [1.29, 1.82) is 0 Å². The molecule has 3 aromatic carbocycles. The van der Waals surface area contributed by atoms with Crippen LogP contribution in [0.15, 0.2) is 72.8 Å². The summed E-state index contributed by atoms with van der Waals surface area (Å²) in [7, 11) is 0. The van der Waals surface area contributed by atoms with Crippen molar-refractivity contribution >= 4 is 17.4 Å². The van der Waals surface area contributed by atoms with E-state index in [1.165, 1.54) is 35.5 Å². The molecule has 4 rings (SSSR count). The van der Waals surface area contributed by atoms with Crippen LogP contribution in [0.2, 0.25) is 0 Å². The van der Waals surface area contributed by atoms with Gasteiger partial charge < -0.3 is 10.2 Å². The number of rotatable bonds is 8. The van der Waals surface area contributed by atoms with E-state index >= 15 is 0 Å². The highest BCUT2D eigenvalue weighted by molar-refractivity contribution is 6.15. The zero-order valence-corrected chi connectivity index (χ0v) is 19.5. The molecule has 1 saturated heterocycles. The standard InChI is InChI=1S/C28H30FN3O2/c1-21-6-4-7-24(20-21)32-18-16-31(17-19-32)15-5-14-30-28(34)26-9-3-2-8-25(26)27(33)22-10-12-23(29)13-11-22/h2-4,6-13,20H,5,14-19H2,1H3,(H,30,34). The van der Waals surface area contributed by atoms with Crippen molar-refractivity contribution in [3.8, 4) is 0 Å². The van der Waals surface area contributed by atoms with Gasteiger partial charge in [-0.2, -0.15) is 0 Å². The fourth-order valence-electron chi connectivity index (χ4n) is 4.29. The molecule has 1 amide bonds. The maximum atomic E-state index is 13.2. The molecule has 1 N–H and O–H groups in total. The van der Waals surface area contributed by atoms with Crippen LogP contribution in [-0.2, 0) is 0 Å². The van der Waals surface area contributed by atoms with Gasteiger partial charge in [0, 0.05) is 49.5 Å². The summed E-state index contributed by atoms with van der Waals surface area (Å²) in [5.74, 6) is -0.966. The van der Waals surface area contributed by atoms with Crippen molar-refractivity contribution in [2.45, 2.75) is 13.3 Å². The molecule has 0 saturated carbocycles. The first kappa shape index (κ1) is 23.6. The lowest BCUT2D eigenvalue weighted by Crippen LogP contribution is -2.47. The van der Waals surface area contributed by atoms with E-state index < -0.39 is 5.82 Å². The largest absolute Gasteiger partial charge is 0.369 e. The molecular weight excluding hydrogens is 429 g/mol. The van der Waals surface area contributed by atoms with Gasteiger partial charge in [0.15, 0.2) is 5.78 Å². The zero-order valence-electron chi connectivity index (χ0n) is 19.5. The van der Waals surface area contributed by atoms with Gasteiger partial charge in [-0.05, 0) is 67.9 Å². The van der Waals surface area contributed by atoms with Gasteiger partial charge in [0.1, 0.15) is 5.82 Å². The number of carbonyl (C=O) groups excluding carboxylic acids is 2. The van der Waals surface area contributed by atoms with E-state index in [1.54, 1.807) is 24.3 Å². The van der Waals surface area contributed by atoms with E-state index in [0.29, 0.717) is 23.2 Å². The average molecular weight is 460 g/mol. The normalized spacial score (nSPS) is 14.1. The van der Waals surface area contributed by atoms with Gasteiger partial charge in [-0.25, -0.2) is 4.39 Å². The first-order chi connectivity index (χ1) is 16.5. The number of ketones is 1. The second-order valence-electron chi connectivity index (χ2n) is 8.66. The number of hydrogen-bond donors (Lipinski definition) is 1. The number of aryl methyl sites for hydroxylation is 1. The van der Waals surface area contributed by atoms with Gasteiger partial charge in [0.2, 0.25) is 0 Å². The van der Waals surface area contributed by atoms with Crippen LogP contribution in [0.1, 0.15) is 38.3 Å². The quantitative estimate of drug-likeness (QED) is 0.403. The maximum absolute atomic E-state index is 13.2. The van der Waals surface area contributed by atoms with Crippen molar-refractivity contribution in [1.82, 2.24) is 10.2 Å². The van der Waals surface area contributed by atoms with Gasteiger partial charge in [0.05, 0.1) is 5.56 Å². The first-order valence-corrected chi connectivity index (χ1v) is 11.7. The van der Waals surface area contributed by atoms with E-state index in [0.717, 1.165) is 39.1 Å². The predicted molar refractivity (Wildman–Crippen MR) is 133 cm³/mol. The van der Waals surface area contributed by atoms with Crippen LogP contribution < -0.4 is 10.2 Å². The fraction of sp³-hybridized carbons (Fsp3) is 0.286. The van der Waals surface area contributed by atoms with Crippen molar-refractivity contribution in [2.75, 3.05) is 44.2 Å². The van der Waals surface area contributed by atoms with Crippen LogP contribution in [0.4, 0.5) is 10.1 Å². The van der Waals surface area contributed by atoms with Gasteiger partial charge in [-0.1, -0.05) is 30.3 Å². The first-order valence-electron chi connectivity index (χ1n) is 11.7. The summed E-state index contributed by atoms with van der Waals surface area (Å²) < 4.78 is 13.2. The molecule has 5 nitrogen and oxygen atoms in total. The van der Waals surface area contributed by atoms with Crippen LogP contribution in [-0.4, -0.2) is 55.9 Å². The molecule has 1 heterocycles. The highest BCUT2D eigenvalue weighted by atomic mass is 19.1. The molecule has 6 heteroatoms. The molecule has 0 aliphatic carbocycles. The smallest absolute Gasteiger partial charge is 0.252 e. The fourth-order valence-corrected chi connectivity index (χ4v) is 4.29. The summed E-state index contributed by atoms with van der Waals surface area (Å²) in [5.41, 5.74) is 3.56. The lowest BCUT2D eigenvalue weighted by molar-refractivity contribution is 0.0940. The summed E-state index contributed by atoms with van der Waals surface area (Å²) in [4.78, 5) is 30.5. The lowest BCUT2D eigenvalue weighted by Gasteiger charge is -2.36. The molecular formula is C28H30FN3O2. The molecule has 1 aliphatic rings. The molecule has 0 radical (unpaired) electrons. The molecule has 3 aromatic rings. The molecule has 0 aromatic heterocycles. The number of nitrogens with zero attached hydrogens (tertiary/aromatic N) is 2. The molecule has 1 aliphatic heterocycles. The Bertz CT molecular complexity index is 1140. The molecule has 0 unspecified atom stereocenters. The minimum absolute atomic E-state index is 0.268. The number of benzene rings is 3. The predicted octanol–water partition coefficient (Wildman–Crippen LogP) is 4.31. The number of halogens is 1. The minimum Gasteiger partial charge on any atom is -0.369 e. The Morgan fingerprint density at radius 3 is 2.29 bits per heavy atom. The van der Waals surface area contributed by atoms with Crippen LogP contribution in [0.5, 0.6) is 0 Å². The van der Waals surface area contributed by atoms with Gasteiger partial charge in [-0.15, -0.1) is 0 Å². The molecule has 34 heavy (non-hydrogen) atoms. The Balaban J connectivity index is 1.25. The summed E-state index contributed by atoms with van der Waals surface area (Å²) in [5, 5.41) is 2.95. The second-order valence-corrected chi connectivity index (χ2v) is 8.66. The average Bonchev–Trinajstić information content (AvgIpc) is 2.87. The zero-order chi connectivity index (χ0) is 23.9. The Morgan fingerprint density at radius 1 is 0.882 bits per heavy atom. The topological polar surface area (TPSA) is 52.6 Å². The van der Waals surface area contributed by atoms with Crippen molar-refractivity contribution in [2.24, 2.45) is 0 Å². The van der Waals surface area contributed by atoms with Gasteiger partial charge in [0.25, 0.3) is 5.91 Å². The number of piperazine rings is 1. The molecule has 0 bridgehead atoms. The third-order valence-corrected chi connectivity index (χ3v) is 6.20. The van der Waals surface area contributed by atoms with Crippen LogP contribution >= 0.6 is 0 Å². The Kier molecular flexibility index (Phi) is 7.70. The summed E-state index contributed by atoms with van der Waals surface area (Å²) in [6.07, 6.45) is 0.838. The van der Waals surface area contributed by atoms with Crippen LogP contribution in [0, 0.1) is 12.7 Å². The summed E-state index contributed by atoms with van der Waals surface area (Å²) in [6.45, 7) is 7.55. The van der Waals surface area contributed by atoms with E-state index in [1.807, 2.05) is 0 Å². The van der Waals surface area contributed by atoms with Gasteiger partial charge >= 0.3 is 0 Å². The lowest BCUT2D eigenvalue weighted by atomic mass is 9.98. The summed E-state index contributed by atoms with van der Waals surface area (Å²) in [6, 6.07) is 20.7. The Morgan fingerprint density at radius 2 is 1.59 bits per heavy atom. The number of carbonyl (C=O) groups is 2. The van der Waals surface area contributed by atoms with E-state index in [4.69, 9.17) is 0 Å². The second kappa shape index (κ2) is 11.1. The maximum Gasteiger partial charge on any atom is 0.252 e. The van der Waals surface area contributed by atoms with Crippen molar-refractivity contribution < 1.29 is 14.0 Å². The number of anilines is 1. The van der Waals surface area contributed by atoms with E-state index in [-0.39, 0.29) is 11.7 Å². The molecule has 176 valence electrons. The summed E-state index contributed by atoms with van der Waals surface area (Å²) >= 11 is 0. The van der Waals surface area contributed by atoms with Crippen LogP contribution in [0.3, 0.4) is 0 Å². The third kappa shape index (κ3) is 5.88. The monoisotopic (exact) mass is 459 g/mol. The minimum atomic E-state index is -0.404. The Labute approximate surface area is 200 Å². The molecule has 0 atom stereocenters. The highest BCUT2D eigenvalue weighted by Crippen LogP contribution is 2.18. The molecule has 0 spiro atoms. The number of nitrogens with one attached hydrogen (secondary N) is 1. The van der Waals surface area contributed by atoms with E-state index in [9.17, 15) is 14.0 Å². The Hall–Kier alpha value is -3.51. The van der Waals surface area contributed by atoms with Crippen LogP contribution in [0.25, 0.3) is 0 Å². The van der Waals surface area contributed by atoms with Gasteiger partial charge in [-0.3, -0.25) is 14.5 Å². The molecule has 1 fully saturated rings. The highest BCUT2D eigenvalue weighted by Gasteiger charge is 2.19. The van der Waals surface area contributed by atoms with Crippen molar-refractivity contribution in [3.05, 3.63) is 101 Å². The van der Waals surface area contributed by atoms with E-state index in [2.05, 4.69) is 46.3 Å². The SMILES string of the molecule is Cc1cccc(N2CCN(CCCNC(=O)c3ccccc3C(=O)c3ccc(F)cc3)CC2)c1.